The zero-order chi connectivity index (χ0) is 14.7. The second kappa shape index (κ2) is 6.17. The van der Waals surface area contributed by atoms with Gasteiger partial charge in [-0.1, -0.05) is 19.1 Å². The SMILES string of the molecule is CCc1cc(C)c(CCC2CC(=O)C=CC2=O)c(C)c1. The number of aryl methyl sites for hydroxylation is 3. The fourth-order valence-electron chi connectivity index (χ4n) is 2.97. The highest BCUT2D eigenvalue weighted by molar-refractivity contribution is 6.05. The van der Waals surface area contributed by atoms with E-state index in [-0.39, 0.29) is 17.5 Å². The van der Waals surface area contributed by atoms with Crippen LogP contribution in [-0.2, 0) is 22.4 Å². The van der Waals surface area contributed by atoms with Crippen molar-refractivity contribution in [2.24, 2.45) is 5.92 Å². The molecule has 1 aromatic rings. The van der Waals surface area contributed by atoms with Crippen LogP contribution in [0.4, 0.5) is 0 Å². The Bertz CT molecular complexity index is 544. The number of ketones is 2. The number of hydrogen-bond donors (Lipinski definition) is 0. The topological polar surface area (TPSA) is 34.1 Å². The van der Waals surface area contributed by atoms with Gasteiger partial charge in [0, 0.05) is 12.3 Å². The molecule has 0 heterocycles. The van der Waals surface area contributed by atoms with Crippen LogP contribution < -0.4 is 0 Å². The van der Waals surface area contributed by atoms with Crippen molar-refractivity contribution in [3.8, 4) is 0 Å². The molecule has 0 amide bonds. The normalized spacial score (nSPS) is 18.6. The maximum absolute atomic E-state index is 11.8. The quantitative estimate of drug-likeness (QED) is 0.839. The largest absolute Gasteiger partial charge is 0.295 e. The zero-order valence-corrected chi connectivity index (χ0v) is 12.5. The van der Waals surface area contributed by atoms with Crippen molar-refractivity contribution in [3.63, 3.8) is 0 Å². The first kappa shape index (κ1) is 14.7. The van der Waals surface area contributed by atoms with Gasteiger partial charge in [0.25, 0.3) is 0 Å². The number of rotatable bonds is 4. The second-order valence-electron chi connectivity index (χ2n) is 5.70. The molecule has 0 spiro atoms. The summed E-state index contributed by atoms with van der Waals surface area (Å²) in [5.74, 6) is 0.0478. The van der Waals surface area contributed by atoms with Crippen molar-refractivity contribution >= 4 is 11.6 Å². The molecule has 0 aliphatic heterocycles. The van der Waals surface area contributed by atoms with Crippen molar-refractivity contribution in [2.75, 3.05) is 0 Å². The van der Waals surface area contributed by atoms with E-state index in [4.69, 9.17) is 0 Å². The Morgan fingerprint density at radius 3 is 2.35 bits per heavy atom. The van der Waals surface area contributed by atoms with E-state index in [9.17, 15) is 9.59 Å². The fraction of sp³-hybridized carbons (Fsp3) is 0.444. The van der Waals surface area contributed by atoms with Crippen molar-refractivity contribution in [1.29, 1.82) is 0 Å². The standard InChI is InChI=1S/C18H22O2/c1-4-14-9-12(2)17(13(3)10-14)7-5-15-11-16(19)6-8-18(15)20/h6,8-10,15H,4-5,7,11H2,1-3H3. The Kier molecular flexibility index (Phi) is 4.53. The summed E-state index contributed by atoms with van der Waals surface area (Å²) in [5.41, 5.74) is 5.28. The molecule has 0 saturated carbocycles. The first-order valence-corrected chi connectivity index (χ1v) is 7.35. The van der Waals surface area contributed by atoms with Crippen molar-refractivity contribution in [2.45, 2.75) is 46.5 Å². The van der Waals surface area contributed by atoms with E-state index in [1.54, 1.807) is 0 Å². The van der Waals surface area contributed by atoms with Crippen LogP contribution in [0.5, 0.6) is 0 Å². The summed E-state index contributed by atoms with van der Waals surface area (Å²) in [6.45, 7) is 6.43. The molecular formula is C18H22O2. The molecule has 1 atom stereocenters. The van der Waals surface area contributed by atoms with E-state index >= 15 is 0 Å². The molecular weight excluding hydrogens is 248 g/mol. The summed E-state index contributed by atoms with van der Waals surface area (Å²) in [7, 11) is 0. The van der Waals surface area contributed by atoms with Crippen molar-refractivity contribution in [3.05, 3.63) is 46.5 Å². The van der Waals surface area contributed by atoms with E-state index < -0.39 is 0 Å². The van der Waals surface area contributed by atoms with Gasteiger partial charge in [-0.2, -0.15) is 0 Å². The van der Waals surface area contributed by atoms with Gasteiger partial charge in [0.15, 0.2) is 11.6 Å². The first-order valence-electron chi connectivity index (χ1n) is 7.35. The number of benzene rings is 1. The molecule has 0 bridgehead atoms. The molecule has 1 aliphatic carbocycles. The molecule has 0 radical (unpaired) electrons. The van der Waals surface area contributed by atoms with Crippen molar-refractivity contribution in [1.82, 2.24) is 0 Å². The summed E-state index contributed by atoms with van der Waals surface area (Å²) >= 11 is 0. The predicted molar refractivity (Wildman–Crippen MR) is 80.9 cm³/mol. The molecule has 2 nitrogen and oxygen atoms in total. The third-order valence-electron chi connectivity index (χ3n) is 4.19. The summed E-state index contributed by atoms with van der Waals surface area (Å²) in [6.07, 6.45) is 5.91. The number of allylic oxidation sites excluding steroid dienone is 2. The lowest BCUT2D eigenvalue weighted by Crippen LogP contribution is -2.21. The van der Waals surface area contributed by atoms with Gasteiger partial charge in [-0.05, 0) is 67.5 Å². The van der Waals surface area contributed by atoms with E-state index in [1.165, 1.54) is 34.4 Å². The molecule has 1 unspecified atom stereocenters. The van der Waals surface area contributed by atoms with Crippen LogP contribution in [0, 0.1) is 19.8 Å². The molecule has 1 aromatic carbocycles. The lowest BCUT2D eigenvalue weighted by molar-refractivity contribution is -0.124. The average Bonchev–Trinajstić information content (AvgIpc) is 2.41. The third-order valence-corrected chi connectivity index (χ3v) is 4.19. The summed E-state index contributed by atoms with van der Waals surface area (Å²) < 4.78 is 0. The van der Waals surface area contributed by atoms with Crippen LogP contribution in [-0.4, -0.2) is 11.6 Å². The van der Waals surface area contributed by atoms with Crippen LogP contribution in [0.1, 0.15) is 42.0 Å². The highest BCUT2D eigenvalue weighted by atomic mass is 16.1. The summed E-state index contributed by atoms with van der Waals surface area (Å²) in [4.78, 5) is 23.2. The van der Waals surface area contributed by atoms with Gasteiger partial charge in [-0.25, -0.2) is 0 Å². The molecule has 0 aromatic heterocycles. The van der Waals surface area contributed by atoms with E-state index in [2.05, 4.69) is 32.9 Å². The van der Waals surface area contributed by atoms with Crippen LogP contribution in [0.25, 0.3) is 0 Å². The highest BCUT2D eigenvalue weighted by Gasteiger charge is 2.23. The number of carbonyl (C=O) groups excluding carboxylic acids is 2. The van der Waals surface area contributed by atoms with Crippen LogP contribution in [0.15, 0.2) is 24.3 Å². The van der Waals surface area contributed by atoms with Gasteiger partial charge in [0.1, 0.15) is 0 Å². The molecule has 0 N–H and O–H groups in total. The summed E-state index contributed by atoms with van der Waals surface area (Å²) in [5, 5.41) is 0. The van der Waals surface area contributed by atoms with Crippen LogP contribution in [0.2, 0.25) is 0 Å². The Morgan fingerprint density at radius 1 is 1.10 bits per heavy atom. The minimum Gasteiger partial charge on any atom is -0.295 e. The van der Waals surface area contributed by atoms with E-state index in [0.717, 1.165) is 19.3 Å². The lowest BCUT2D eigenvalue weighted by atomic mass is 9.85. The average molecular weight is 270 g/mol. The van der Waals surface area contributed by atoms with Gasteiger partial charge in [-0.3, -0.25) is 9.59 Å². The van der Waals surface area contributed by atoms with Crippen LogP contribution in [0.3, 0.4) is 0 Å². The van der Waals surface area contributed by atoms with Gasteiger partial charge >= 0.3 is 0 Å². The predicted octanol–water partition coefficient (Wildman–Crippen LogP) is 3.51. The molecule has 20 heavy (non-hydrogen) atoms. The van der Waals surface area contributed by atoms with Gasteiger partial charge < -0.3 is 0 Å². The lowest BCUT2D eigenvalue weighted by Gasteiger charge is -2.18. The molecule has 0 saturated heterocycles. The maximum atomic E-state index is 11.8. The van der Waals surface area contributed by atoms with Gasteiger partial charge in [-0.15, -0.1) is 0 Å². The van der Waals surface area contributed by atoms with Gasteiger partial charge in [0.2, 0.25) is 0 Å². The smallest absolute Gasteiger partial charge is 0.159 e. The van der Waals surface area contributed by atoms with Crippen LogP contribution >= 0.6 is 0 Å². The Labute approximate surface area is 120 Å². The second-order valence-corrected chi connectivity index (χ2v) is 5.70. The monoisotopic (exact) mass is 270 g/mol. The molecule has 2 rings (SSSR count). The Hall–Kier alpha value is -1.70. The van der Waals surface area contributed by atoms with Crippen molar-refractivity contribution < 1.29 is 9.59 Å². The minimum absolute atomic E-state index is 0.0735. The van der Waals surface area contributed by atoms with E-state index in [0.29, 0.717) is 6.42 Å². The Balaban J connectivity index is 2.10. The minimum atomic E-state index is -0.128. The molecule has 0 fully saturated rings. The number of hydrogen-bond acceptors (Lipinski definition) is 2. The molecule has 106 valence electrons. The zero-order valence-electron chi connectivity index (χ0n) is 12.5. The third kappa shape index (κ3) is 3.24. The fourth-order valence-corrected chi connectivity index (χ4v) is 2.97. The first-order chi connectivity index (χ1) is 9.51. The summed E-state index contributed by atoms with van der Waals surface area (Å²) in [6, 6.07) is 4.46. The highest BCUT2D eigenvalue weighted by Crippen LogP contribution is 2.23. The van der Waals surface area contributed by atoms with Gasteiger partial charge in [0.05, 0.1) is 0 Å². The Morgan fingerprint density at radius 2 is 1.75 bits per heavy atom. The van der Waals surface area contributed by atoms with E-state index in [1.807, 2.05) is 0 Å². The maximum Gasteiger partial charge on any atom is 0.159 e. The molecule has 2 heteroatoms. The molecule has 1 aliphatic rings. The number of carbonyl (C=O) groups is 2.